The Bertz CT molecular complexity index is 1350. The minimum atomic E-state index is -1.21. The van der Waals surface area contributed by atoms with Gasteiger partial charge in [-0.2, -0.15) is 0 Å². The number of anilines is 2. The summed E-state index contributed by atoms with van der Waals surface area (Å²) in [4.78, 5) is 47.6. The smallest absolute Gasteiger partial charge is 0.352 e. The zero-order valence-corrected chi connectivity index (χ0v) is 23.8. The molecule has 2 aromatic rings. The largest absolute Gasteiger partial charge is 0.477 e. The van der Waals surface area contributed by atoms with Crippen molar-refractivity contribution in [1.29, 1.82) is 0 Å². The van der Waals surface area contributed by atoms with Gasteiger partial charge in [0.15, 0.2) is 5.16 Å². The molecule has 38 heavy (non-hydrogen) atoms. The second kappa shape index (κ2) is 12.1. The van der Waals surface area contributed by atoms with Gasteiger partial charge >= 0.3 is 5.97 Å². The van der Waals surface area contributed by atoms with Crippen molar-refractivity contribution in [3.05, 3.63) is 57.2 Å². The molecule has 1 saturated heterocycles. The molecule has 0 spiro atoms. The Morgan fingerprint density at radius 3 is 2.66 bits per heavy atom. The molecule has 4 rings (SSSR count). The fourth-order valence-corrected chi connectivity index (χ4v) is 6.91. The van der Waals surface area contributed by atoms with E-state index in [1.54, 1.807) is 37.3 Å². The molecule has 2 atom stereocenters. The van der Waals surface area contributed by atoms with E-state index < -0.39 is 23.3 Å². The van der Waals surface area contributed by atoms with E-state index in [0.717, 1.165) is 0 Å². The number of halogens is 2. The Balaban J connectivity index is 1.37. The number of aliphatic carboxylic acids is 1. The van der Waals surface area contributed by atoms with Crippen LogP contribution in [-0.2, 0) is 14.4 Å². The van der Waals surface area contributed by atoms with Crippen LogP contribution in [0.3, 0.4) is 0 Å². The molecule has 1 fully saturated rings. The number of aromatic nitrogens is 2. The van der Waals surface area contributed by atoms with Gasteiger partial charge < -0.3 is 21.9 Å². The average Bonchev–Trinajstić information content (AvgIpc) is 2.88. The number of carbonyl (C=O) groups excluding carboxylic acids is 2. The number of hydrogen-bond donors (Lipinski definition) is 4. The molecule has 200 valence electrons. The van der Waals surface area contributed by atoms with Crippen molar-refractivity contribution in [2.24, 2.45) is 0 Å². The Labute approximate surface area is 241 Å². The Hall–Kier alpha value is -2.58. The first-order valence-electron chi connectivity index (χ1n) is 11.0. The van der Waals surface area contributed by atoms with Crippen LogP contribution in [0.2, 0.25) is 10.0 Å². The van der Waals surface area contributed by atoms with Crippen LogP contribution in [0.5, 0.6) is 0 Å². The number of nitrogens with two attached hydrogens (primary N) is 2. The number of nitrogens with one attached hydrogen (secondary N) is 1. The first kappa shape index (κ1) is 28.4. The van der Waals surface area contributed by atoms with Gasteiger partial charge in [-0.05, 0) is 30.7 Å². The molecule has 10 nitrogen and oxygen atoms in total. The molecule has 2 amide bonds. The molecule has 2 aliphatic rings. The minimum absolute atomic E-state index is 0.0243. The van der Waals surface area contributed by atoms with E-state index in [1.807, 2.05) is 0 Å². The van der Waals surface area contributed by atoms with E-state index in [9.17, 15) is 19.5 Å². The van der Waals surface area contributed by atoms with E-state index in [2.05, 4.69) is 15.3 Å². The first-order valence-corrected chi connectivity index (χ1v) is 14.8. The predicted molar refractivity (Wildman–Crippen MR) is 152 cm³/mol. The second-order valence-corrected chi connectivity index (χ2v) is 12.1. The number of nitrogens with zero attached hydrogens (tertiary/aromatic N) is 3. The molecule has 0 aliphatic carbocycles. The normalized spacial score (nSPS) is 18.9. The molecule has 0 radical (unpaired) electrons. The van der Waals surface area contributed by atoms with Crippen LogP contribution < -0.4 is 16.8 Å². The Morgan fingerprint density at radius 1 is 1.26 bits per heavy atom. The molecule has 15 heteroatoms. The van der Waals surface area contributed by atoms with Crippen molar-refractivity contribution in [3.63, 3.8) is 0 Å². The molecule has 2 aliphatic heterocycles. The van der Waals surface area contributed by atoms with Crippen LogP contribution in [0.25, 0.3) is 0 Å². The van der Waals surface area contributed by atoms with Gasteiger partial charge in [0.25, 0.3) is 5.91 Å². The molecule has 0 bridgehead atoms. The van der Waals surface area contributed by atoms with Crippen LogP contribution >= 0.6 is 58.5 Å². The highest BCUT2D eigenvalue weighted by atomic mass is 35.5. The number of carbonyl (C=O) groups is 3. The highest BCUT2D eigenvalue weighted by Gasteiger charge is 2.53. The SMILES string of the molecule is Cc1c(N)nc(SC/C=C/C2=C(C(=O)O)N3C(=O)[C@@H](NC(=O)CSc4cc(Cl)ccc4Cl)[C@H]3SC2)nc1N. The van der Waals surface area contributed by atoms with Crippen molar-refractivity contribution >= 4 is 87.9 Å². The summed E-state index contributed by atoms with van der Waals surface area (Å²) in [5, 5.41) is 13.4. The summed E-state index contributed by atoms with van der Waals surface area (Å²) in [6.45, 7) is 1.73. The molecular formula is C23H22Cl2N6O4S3. The first-order chi connectivity index (χ1) is 18.1. The number of rotatable bonds is 9. The third kappa shape index (κ3) is 6.18. The Morgan fingerprint density at radius 2 is 1.97 bits per heavy atom. The maximum Gasteiger partial charge on any atom is 0.352 e. The summed E-state index contributed by atoms with van der Waals surface area (Å²) in [5.74, 6) is -0.625. The standard InChI is InChI=1S/C23H22Cl2N6O4S3/c1-10-18(26)29-23(30-19(10)27)36-6-2-3-11-8-38-21-16(20(33)31(21)17(11)22(34)35)28-15(32)9-37-14-7-12(24)4-5-13(14)25/h2-5,7,16,21H,6,8-9H2,1H3,(H,28,32)(H,34,35)(H4,26,27,29,30)/b3-2+/t16-,21-/m1/s1. The van der Waals surface area contributed by atoms with Gasteiger partial charge in [0.2, 0.25) is 5.91 Å². The molecular weight excluding hydrogens is 591 g/mol. The Kier molecular flexibility index (Phi) is 9.04. The summed E-state index contributed by atoms with van der Waals surface area (Å²) < 4.78 is 0. The summed E-state index contributed by atoms with van der Waals surface area (Å²) in [5.41, 5.74) is 12.7. The van der Waals surface area contributed by atoms with Gasteiger partial charge in [0.1, 0.15) is 28.7 Å². The monoisotopic (exact) mass is 612 g/mol. The lowest BCUT2D eigenvalue weighted by atomic mass is 10.0. The number of carboxylic acid groups (broad SMARTS) is 1. The van der Waals surface area contributed by atoms with Gasteiger partial charge in [0, 0.05) is 27.0 Å². The van der Waals surface area contributed by atoms with Gasteiger partial charge in [-0.25, -0.2) is 14.8 Å². The quantitative estimate of drug-likeness (QED) is 0.186. The third-order valence-corrected chi connectivity index (χ3v) is 9.43. The lowest BCUT2D eigenvalue weighted by Gasteiger charge is -2.49. The number of nitrogen functional groups attached to an aromatic ring is 2. The maximum atomic E-state index is 12.9. The number of allylic oxidation sites excluding steroid dienone is 1. The van der Waals surface area contributed by atoms with E-state index in [-0.39, 0.29) is 17.4 Å². The highest BCUT2D eigenvalue weighted by Crippen LogP contribution is 2.41. The van der Waals surface area contributed by atoms with Gasteiger partial charge in [0.05, 0.1) is 10.8 Å². The fourth-order valence-electron chi connectivity index (χ4n) is 3.62. The zero-order valence-electron chi connectivity index (χ0n) is 19.8. The fraction of sp³-hybridized carbons (Fsp3) is 0.261. The van der Waals surface area contributed by atoms with Crippen molar-refractivity contribution in [1.82, 2.24) is 20.2 Å². The number of thioether (sulfide) groups is 3. The molecule has 1 aromatic carbocycles. The number of benzene rings is 1. The molecule has 0 unspecified atom stereocenters. The van der Waals surface area contributed by atoms with E-state index in [0.29, 0.717) is 54.4 Å². The lowest BCUT2D eigenvalue weighted by Crippen LogP contribution is -2.70. The van der Waals surface area contributed by atoms with E-state index in [4.69, 9.17) is 34.7 Å². The average molecular weight is 614 g/mol. The predicted octanol–water partition coefficient (Wildman–Crippen LogP) is 3.44. The molecule has 3 heterocycles. The van der Waals surface area contributed by atoms with Crippen molar-refractivity contribution in [2.75, 3.05) is 28.7 Å². The molecule has 1 aromatic heterocycles. The second-order valence-electron chi connectivity index (χ2n) is 8.11. The van der Waals surface area contributed by atoms with E-state index >= 15 is 0 Å². The van der Waals surface area contributed by atoms with Crippen molar-refractivity contribution in [3.8, 4) is 0 Å². The topological polar surface area (TPSA) is 165 Å². The van der Waals surface area contributed by atoms with Crippen molar-refractivity contribution in [2.45, 2.75) is 28.4 Å². The van der Waals surface area contributed by atoms with Crippen LogP contribution in [0.1, 0.15) is 5.56 Å². The van der Waals surface area contributed by atoms with Crippen LogP contribution in [0.4, 0.5) is 11.6 Å². The summed E-state index contributed by atoms with van der Waals surface area (Å²) in [7, 11) is 0. The van der Waals surface area contributed by atoms with Gasteiger partial charge in [-0.15, -0.1) is 23.5 Å². The van der Waals surface area contributed by atoms with Crippen LogP contribution in [0.15, 0.2) is 51.7 Å². The minimum Gasteiger partial charge on any atom is -0.477 e. The van der Waals surface area contributed by atoms with Crippen LogP contribution in [0, 0.1) is 6.92 Å². The lowest BCUT2D eigenvalue weighted by molar-refractivity contribution is -0.150. The zero-order chi connectivity index (χ0) is 27.6. The highest BCUT2D eigenvalue weighted by molar-refractivity contribution is 8.00. The maximum absolute atomic E-state index is 12.9. The number of amides is 2. The summed E-state index contributed by atoms with van der Waals surface area (Å²) >= 11 is 16.0. The summed E-state index contributed by atoms with van der Waals surface area (Å²) in [6, 6.07) is 4.14. The third-order valence-electron chi connectivity index (χ3n) is 5.60. The van der Waals surface area contributed by atoms with Crippen LogP contribution in [-0.4, -0.2) is 66.4 Å². The number of fused-ring (bicyclic) bond motifs is 1. The van der Waals surface area contributed by atoms with Crippen molar-refractivity contribution < 1.29 is 19.5 Å². The summed E-state index contributed by atoms with van der Waals surface area (Å²) in [6.07, 6.45) is 3.44. The van der Waals surface area contributed by atoms with Gasteiger partial charge in [-0.1, -0.05) is 47.1 Å². The van der Waals surface area contributed by atoms with Gasteiger partial charge in [-0.3, -0.25) is 14.5 Å². The number of carboxylic acids is 1. The number of β-lactam (4-membered cyclic amide) rings is 1. The molecule has 6 N–H and O–H groups in total. The van der Waals surface area contributed by atoms with E-state index in [1.165, 1.54) is 40.2 Å². The molecule has 0 saturated carbocycles. The number of hydrogen-bond acceptors (Lipinski definition) is 10.